The zero-order chi connectivity index (χ0) is 18.3. The minimum absolute atomic E-state index is 0.303. The Bertz CT molecular complexity index is 725. The van der Waals surface area contributed by atoms with Crippen molar-refractivity contribution in [1.29, 1.82) is 0 Å². The molecule has 2 aromatic rings. The molecule has 1 fully saturated rings. The summed E-state index contributed by atoms with van der Waals surface area (Å²) in [5, 5.41) is 11.7. The highest BCUT2D eigenvalue weighted by Gasteiger charge is 2.55. The lowest BCUT2D eigenvalue weighted by Crippen LogP contribution is -2.63. The Morgan fingerprint density at radius 2 is 1.48 bits per heavy atom. The summed E-state index contributed by atoms with van der Waals surface area (Å²) < 4.78 is 41.0. The molecule has 6 heteroatoms. The van der Waals surface area contributed by atoms with Crippen molar-refractivity contribution in [1.82, 2.24) is 4.90 Å². The first-order valence-corrected chi connectivity index (χ1v) is 7.97. The fourth-order valence-corrected chi connectivity index (χ4v) is 3.81. The molecule has 1 atom stereocenters. The standard InChI is InChI=1S/C19H20F3NO2/c1-17(12-23(2)13-17)18(24,14-6-4-3-5-7-14)15-8-10-16(11-9-15)25-19(20,21)22/h3-11,24H,12-13H2,1-2H3/t18-/m1/s1. The van der Waals surface area contributed by atoms with Crippen LogP contribution < -0.4 is 4.74 Å². The van der Waals surface area contributed by atoms with Gasteiger partial charge in [0.2, 0.25) is 0 Å². The first kappa shape index (κ1) is 17.8. The zero-order valence-electron chi connectivity index (χ0n) is 14.0. The maximum absolute atomic E-state index is 12.4. The van der Waals surface area contributed by atoms with E-state index in [0.717, 1.165) is 5.56 Å². The van der Waals surface area contributed by atoms with E-state index in [4.69, 9.17) is 0 Å². The molecule has 3 nitrogen and oxygen atoms in total. The maximum Gasteiger partial charge on any atom is 0.573 e. The third kappa shape index (κ3) is 3.24. The van der Waals surface area contributed by atoms with Crippen molar-refractivity contribution in [2.45, 2.75) is 18.9 Å². The molecule has 1 N–H and O–H groups in total. The van der Waals surface area contributed by atoms with Crippen molar-refractivity contribution in [2.75, 3.05) is 20.1 Å². The molecule has 1 aliphatic heterocycles. The molecule has 1 saturated heterocycles. The molecule has 0 bridgehead atoms. The summed E-state index contributed by atoms with van der Waals surface area (Å²) in [5.41, 5.74) is -0.494. The highest BCUT2D eigenvalue weighted by Crippen LogP contribution is 2.50. The van der Waals surface area contributed by atoms with E-state index >= 15 is 0 Å². The van der Waals surface area contributed by atoms with E-state index < -0.39 is 17.4 Å². The molecule has 0 radical (unpaired) electrons. The summed E-state index contributed by atoms with van der Waals surface area (Å²) >= 11 is 0. The van der Waals surface area contributed by atoms with Crippen LogP contribution in [0.3, 0.4) is 0 Å². The number of hydrogen-bond acceptors (Lipinski definition) is 3. The van der Waals surface area contributed by atoms with Crippen molar-refractivity contribution >= 4 is 0 Å². The minimum atomic E-state index is -4.74. The molecule has 1 heterocycles. The van der Waals surface area contributed by atoms with E-state index in [2.05, 4.69) is 9.64 Å². The summed E-state index contributed by atoms with van der Waals surface area (Å²) in [7, 11) is 1.97. The van der Waals surface area contributed by atoms with Crippen molar-refractivity contribution in [3.05, 3.63) is 65.7 Å². The van der Waals surface area contributed by atoms with E-state index in [9.17, 15) is 18.3 Å². The second kappa shape index (κ2) is 6.04. The SMILES string of the molecule is CN1CC(C)([C@@](O)(c2ccccc2)c2ccc(OC(F)(F)F)cc2)C1. The molecule has 0 aromatic heterocycles. The lowest BCUT2D eigenvalue weighted by atomic mass is 9.62. The van der Waals surface area contributed by atoms with E-state index in [1.54, 1.807) is 0 Å². The van der Waals surface area contributed by atoms with Crippen LogP contribution in [-0.2, 0) is 5.60 Å². The van der Waals surface area contributed by atoms with Crippen LogP contribution in [0, 0.1) is 5.41 Å². The summed E-state index contributed by atoms with van der Waals surface area (Å²) in [5.74, 6) is -0.303. The van der Waals surface area contributed by atoms with Gasteiger partial charge >= 0.3 is 6.36 Å². The number of likely N-dealkylation sites (tertiary alicyclic amines) is 1. The Hall–Kier alpha value is -2.05. The molecule has 2 aromatic carbocycles. The Kier molecular flexibility index (Phi) is 4.29. The maximum atomic E-state index is 12.4. The third-order valence-electron chi connectivity index (χ3n) is 4.81. The smallest absolute Gasteiger partial charge is 0.406 e. The molecular weight excluding hydrogens is 331 g/mol. The van der Waals surface area contributed by atoms with Crippen LogP contribution in [0.2, 0.25) is 0 Å². The van der Waals surface area contributed by atoms with Gasteiger partial charge in [0.05, 0.1) is 0 Å². The summed E-state index contributed by atoms with van der Waals surface area (Å²) in [6.45, 7) is 3.35. The van der Waals surface area contributed by atoms with Crippen LogP contribution in [0.25, 0.3) is 0 Å². The Morgan fingerprint density at radius 1 is 0.960 bits per heavy atom. The number of benzene rings is 2. The number of nitrogens with zero attached hydrogens (tertiary/aromatic N) is 1. The predicted octanol–water partition coefficient (Wildman–Crippen LogP) is 3.77. The molecule has 0 saturated carbocycles. The first-order valence-electron chi connectivity index (χ1n) is 7.97. The van der Waals surface area contributed by atoms with Gasteiger partial charge in [0.1, 0.15) is 11.4 Å². The molecule has 0 spiro atoms. The average molecular weight is 351 g/mol. The van der Waals surface area contributed by atoms with Crippen LogP contribution in [0.1, 0.15) is 18.1 Å². The van der Waals surface area contributed by atoms with Crippen LogP contribution in [0.15, 0.2) is 54.6 Å². The largest absolute Gasteiger partial charge is 0.573 e. The molecule has 0 amide bonds. The fraction of sp³-hybridized carbons (Fsp3) is 0.368. The van der Waals surface area contributed by atoms with Crippen LogP contribution >= 0.6 is 0 Å². The second-order valence-corrected chi connectivity index (χ2v) is 6.88. The van der Waals surface area contributed by atoms with Gasteiger partial charge in [-0.3, -0.25) is 0 Å². The van der Waals surface area contributed by atoms with Crippen LogP contribution in [0.4, 0.5) is 13.2 Å². The van der Waals surface area contributed by atoms with Gasteiger partial charge in [-0.15, -0.1) is 13.2 Å². The molecule has 134 valence electrons. The van der Waals surface area contributed by atoms with Gasteiger partial charge in [-0.25, -0.2) is 0 Å². The van der Waals surface area contributed by atoms with Crippen molar-refractivity contribution < 1.29 is 23.0 Å². The van der Waals surface area contributed by atoms with E-state index in [0.29, 0.717) is 18.7 Å². The lowest BCUT2D eigenvalue weighted by Gasteiger charge is -2.56. The minimum Gasteiger partial charge on any atom is -0.406 e. The van der Waals surface area contributed by atoms with Crippen LogP contribution in [-0.4, -0.2) is 36.5 Å². The number of rotatable bonds is 4. The topological polar surface area (TPSA) is 32.7 Å². The van der Waals surface area contributed by atoms with Gasteiger partial charge in [-0.1, -0.05) is 49.4 Å². The Morgan fingerprint density at radius 3 is 1.96 bits per heavy atom. The quantitative estimate of drug-likeness (QED) is 0.910. The Labute approximate surface area is 144 Å². The zero-order valence-corrected chi connectivity index (χ0v) is 14.0. The molecule has 0 aliphatic carbocycles. The van der Waals surface area contributed by atoms with Gasteiger partial charge in [0.15, 0.2) is 0 Å². The number of alkyl halides is 3. The molecular formula is C19H20F3NO2. The summed E-state index contributed by atoms with van der Waals surface area (Å²) in [6.07, 6.45) is -4.74. The van der Waals surface area contributed by atoms with E-state index in [1.807, 2.05) is 44.3 Å². The third-order valence-corrected chi connectivity index (χ3v) is 4.81. The lowest BCUT2D eigenvalue weighted by molar-refractivity contribution is -0.274. The number of aliphatic hydroxyl groups is 1. The monoisotopic (exact) mass is 351 g/mol. The van der Waals surface area contributed by atoms with Gasteiger partial charge in [0.25, 0.3) is 0 Å². The fourth-order valence-electron chi connectivity index (χ4n) is 3.81. The van der Waals surface area contributed by atoms with Gasteiger partial charge in [-0.2, -0.15) is 0 Å². The average Bonchev–Trinajstić information content (AvgIpc) is 2.53. The van der Waals surface area contributed by atoms with Crippen LogP contribution in [0.5, 0.6) is 5.75 Å². The highest BCUT2D eigenvalue weighted by molar-refractivity contribution is 5.42. The predicted molar refractivity (Wildman–Crippen MR) is 88.2 cm³/mol. The molecule has 0 unspecified atom stereocenters. The number of ether oxygens (including phenoxy) is 1. The van der Waals surface area contributed by atoms with Crippen molar-refractivity contribution in [2.24, 2.45) is 5.41 Å². The van der Waals surface area contributed by atoms with E-state index in [-0.39, 0.29) is 5.75 Å². The second-order valence-electron chi connectivity index (χ2n) is 6.88. The van der Waals surface area contributed by atoms with Gasteiger partial charge in [0, 0.05) is 18.5 Å². The summed E-state index contributed by atoms with van der Waals surface area (Å²) in [4.78, 5) is 2.09. The number of hydrogen-bond donors (Lipinski definition) is 1. The van der Waals surface area contributed by atoms with Gasteiger partial charge in [-0.05, 0) is 30.3 Å². The Balaban J connectivity index is 2.01. The first-order chi connectivity index (χ1) is 11.6. The molecule has 3 rings (SSSR count). The van der Waals surface area contributed by atoms with Crippen molar-refractivity contribution in [3.63, 3.8) is 0 Å². The molecule has 25 heavy (non-hydrogen) atoms. The number of halogens is 3. The van der Waals surface area contributed by atoms with E-state index in [1.165, 1.54) is 24.3 Å². The normalized spacial score (nSPS) is 19.8. The van der Waals surface area contributed by atoms with Crippen molar-refractivity contribution in [3.8, 4) is 5.75 Å². The molecule has 1 aliphatic rings. The summed E-state index contributed by atoms with van der Waals surface area (Å²) in [6, 6.07) is 14.7. The van der Waals surface area contributed by atoms with Gasteiger partial charge < -0.3 is 14.7 Å². The highest BCUT2D eigenvalue weighted by atomic mass is 19.4.